The zero-order chi connectivity index (χ0) is 50.9. The van der Waals surface area contributed by atoms with Crippen molar-refractivity contribution in [1.82, 2.24) is 10.6 Å². The quantitative estimate of drug-likeness (QED) is 0.0430. The number of carbonyl (C=O) groups is 4. The van der Waals surface area contributed by atoms with Crippen molar-refractivity contribution in [3.63, 3.8) is 0 Å². The zero-order valence-electron chi connectivity index (χ0n) is 35.7. The van der Waals surface area contributed by atoms with Crippen LogP contribution in [0.15, 0.2) is 78.9 Å². The first-order valence-electron chi connectivity index (χ1n) is 19.6. The van der Waals surface area contributed by atoms with Gasteiger partial charge in [-0.3, -0.25) is 39.4 Å². The molecule has 0 spiro atoms. The molecule has 364 valence electrons. The van der Waals surface area contributed by atoms with Crippen molar-refractivity contribution in [2.45, 2.75) is 50.1 Å². The molecule has 2 heterocycles. The van der Waals surface area contributed by atoms with Crippen LogP contribution in [-0.2, 0) is 5.41 Å². The molecule has 0 aromatic heterocycles. The number of hydrogen-bond acceptors (Lipinski definition) is 10. The number of aryl methyl sites for hydroxylation is 2. The average molecular weight is 1070 g/mol. The highest BCUT2D eigenvalue weighted by Gasteiger charge is 2.61. The standard InChI is InChI=1S/C22H19Cl2F3N2O4S.C21H16Cl2F3NO2S.CH3NO2/c1-12-4-13(2-3-18(12)20(31)28-17-9-34-10-17)19(30)8-21(11-29(32)33,22(25,26)27)14-5-15(23)7-16(24)6-14;1-11-4-12(2-3-17(11)20(29)27-16-9-30-10-16)19(28)8-18(21(24,25)26)13-5-14(22)7-15(23)6-13;1-2(3)4/h2-7,17H,8-11H2,1H3,(H,28,31);2-8,16H,9-10H2,1H3,(H,27,29);1H3/b;18-8-;. The normalized spacial score (nSPS) is 14.9. The summed E-state index contributed by atoms with van der Waals surface area (Å²) in [6.07, 6.45) is -10.7. The molecule has 1 unspecified atom stereocenters. The number of nitrogens with zero attached hydrogens (tertiary/aromatic N) is 2. The zero-order valence-corrected chi connectivity index (χ0v) is 40.3. The van der Waals surface area contributed by atoms with Gasteiger partial charge in [0.15, 0.2) is 24.0 Å². The molecule has 4 aromatic carbocycles. The summed E-state index contributed by atoms with van der Waals surface area (Å²) in [6, 6.07) is 14.8. The Morgan fingerprint density at radius 1 is 0.676 bits per heavy atom. The summed E-state index contributed by atoms with van der Waals surface area (Å²) in [5.41, 5.74) is -3.68. The lowest BCUT2D eigenvalue weighted by atomic mass is 9.74. The maximum Gasteiger partial charge on any atom is 0.417 e. The number of Topliss-reactive ketones (excluding diaryl/α,β-unsaturated/α-hetero) is 1. The minimum absolute atomic E-state index is 0.0242. The average Bonchev–Trinajstić information content (AvgIpc) is 3.17. The fraction of sp³-hybridized carbons (Fsp3) is 0.318. The summed E-state index contributed by atoms with van der Waals surface area (Å²) in [7, 11) is 0.889. The van der Waals surface area contributed by atoms with Crippen LogP contribution in [0, 0.1) is 34.1 Å². The molecule has 2 aliphatic heterocycles. The maximum atomic E-state index is 14.4. The molecule has 2 fully saturated rings. The Hall–Kier alpha value is -4.86. The van der Waals surface area contributed by atoms with E-state index >= 15 is 0 Å². The molecule has 0 aliphatic carbocycles. The van der Waals surface area contributed by atoms with Crippen LogP contribution in [0.4, 0.5) is 26.3 Å². The van der Waals surface area contributed by atoms with E-state index in [1.165, 1.54) is 48.5 Å². The number of nitro groups is 2. The van der Waals surface area contributed by atoms with Crippen molar-refractivity contribution in [3.8, 4) is 0 Å². The van der Waals surface area contributed by atoms with Gasteiger partial charge in [-0.1, -0.05) is 58.5 Å². The third-order valence-electron chi connectivity index (χ3n) is 10.1. The van der Waals surface area contributed by atoms with Crippen molar-refractivity contribution in [2.24, 2.45) is 0 Å². The van der Waals surface area contributed by atoms with Crippen molar-refractivity contribution in [3.05, 3.63) is 164 Å². The lowest BCUT2D eigenvalue weighted by Gasteiger charge is -2.32. The number of hydrogen-bond donors (Lipinski definition) is 2. The largest absolute Gasteiger partial charge is 0.417 e. The topological polar surface area (TPSA) is 179 Å². The Morgan fingerprint density at radius 2 is 1.09 bits per heavy atom. The van der Waals surface area contributed by atoms with E-state index in [1.54, 1.807) is 37.4 Å². The molecule has 68 heavy (non-hydrogen) atoms. The number of nitrogens with one attached hydrogen (secondary N) is 2. The molecule has 0 saturated carbocycles. The molecule has 0 radical (unpaired) electrons. The number of halogens is 10. The lowest BCUT2D eigenvalue weighted by Crippen LogP contribution is -2.49. The summed E-state index contributed by atoms with van der Waals surface area (Å²) in [5.74, 6) is 0.866. The van der Waals surface area contributed by atoms with Crippen LogP contribution in [0.2, 0.25) is 20.1 Å². The predicted octanol–water partition coefficient (Wildman–Crippen LogP) is 11.4. The first kappa shape index (κ1) is 55.7. The molecular weight excluding hydrogens is 1030 g/mol. The Morgan fingerprint density at radius 3 is 1.46 bits per heavy atom. The van der Waals surface area contributed by atoms with Gasteiger partial charge in [0.2, 0.25) is 6.54 Å². The summed E-state index contributed by atoms with van der Waals surface area (Å²) < 4.78 is 83.9. The summed E-state index contributed by atoms with van der Waals surface area (Å²) in [5, 5.41) is 25.6. The minimum Gasteiger partial charge on any atom is -0.348 e. The summed E-state index contributed by atoms with van der Waals surface area (Å²) >= 11 is 26.8. The fourth-order valence-corrected chi connectivity index (χ4v) is 8.94. The van der Waals surface area contributed by atoms with Crippen molar-refractivity contribution in [2.75, 3.05) is 36.6 Å². The van der Waals surface area contributed by atoms with Crippen molar-refractivity contribution in [1.29, 1.82) is 0 Å². The molecule has 0 bridgehead atoms. The highest BCUT2D eigenvalue weighted by atomic mass is 35.5. The molecular formula is C44H38Cl4F6N4O8S2. The van der Waals surface area contributed by atoms with E-state index in [0.29, 0.717) is 28.3 Å². The van der Waals surface area contributed by atoms with Crippen molar-refractivity contribution < 1.29 is 55.4 Å². The van der Waals surface area contributed by atoms with Crippen LogP contribution in [0.1, 0.15) is 70.1 Å². The second-order valence-corrected chi connectivity index (χ2v) is 19.2. The Kier molecular flexibility index (Phi) is 19.4. The number of thioether (sulfide) groups is 2. The molecule has 2 saturated heterocycles. The Bertz CT molecular complexity index is 2590. The van der Waals surface area contributed by atoms with Gasteiger partial charge in [-0.05, 0) is 103 Å². The first-order chi connectivity index (χ1) is 31.6. The van der Waals surface area contributed by atoms with Gasteiger partial charge in [0.25, 0.3) is 11.8 Å². The Balaban J connectivity index is 0.000000277. The number of allylic oxidation sites excluding steroid dienone is 2. The first-order valence-corrected chi connectivity index (χ1v) is 23.5. The molecule has 24 heteroatoms. The Labute approximate surface area is 413 Å². The fourth-order valence-electron chi connectivity index (χ4n) is 6.61. The van der Waals surface area contributed by atoms with E-state index in [1.807, 2.05) is 0 Å². The minimum atomic E-state index is -5.17. The smallest absolute Gasteiger partial charge is 0.348 e. The predicted molar refractivity (Wildman–Crippen MR) is 252 cm³/mol. The highest BCUT2D eigenvalue weighted by molar-refractivity contribution is 8.01. The third-order valence-corrected chi connectivity index (χ3v) is 13.5. The lowest BCUT2D eigenvalue weighted by molar-refractivity contribution is -0.501. The molecule has 6 rings (SSSR count). The monoisotopic (exact) mass is 1070 g/mol. The number of alkyl halides is 6. The van der Waals surface area contributed by atoms with E-state index < -0.39 is 63.3 Å². The van der Waals surface area contributed by atoms with Gasteiger partial charge in [0, 0.05) is 93.7 Å². The molecule has 1 atom stereocenters. The van der Waals surface area contributed by atoms with Gasteiger partial charge >= 0.3 is 12.4 Å². The van der Waals surface area contributed by atoms with E-state index in [4.69, 9.17) is 56.5 Å². The number of ketones is 2. The van der Waals surface area contributed by atoms with Gasteiger partial charge in [-0.15, -0.1) is 0 Å². The van der Waals surface area contributed by atoms with Gasteiger partial charge < -0.3 is 10.6 Å². The number of benzene rings is 4. The van der Waals surface area contributed by atoms with Crippen LogP contribution < -0.4 is 10.6 Å². The van der Waals surface area contributed by atoms with Crippen LogP contribution in [-0.4, -0.2) is 94.3 Å². The van der Waals surface area contributed by atoms with Crippen LogP contribution in [0.3, 0.4) is 0 Å². The molecule has 2 amide bonds. The molecule has 2 N–H and O–H groups in total. The van der Waals surface area contributed by atoms with Crippen LogP contribution in [0.25, 0.3) is 5.57 Å². The number of rotatable bonds is 13. The second kappa shape index (κ2) is 23.6. The maximum absolute atomic E-state index is 14.4. The SMILES string of the molecule is C[N+](=O)[O-].Cc1cc(C(=O)/C=C(/c2cc(Cl)cc(Cl)c2)C(F)(F)F)ccc1C(=O)NC1CSC1.Cc1cc(C(=O)CC(C[N+](=O)[O-])(c2cc(Cl)cc(Cl)c2)C(F)(F)F)ccc1C(=O)NC1CSC1. The van der Waals surface area contributed by atoms with Gasteiger partial charge in [0.1, 0.15) is 0 Å². The second-order valence-electron chi connectivity index (χ2n) is 15.3. The van der Waals surface area contributed by atoms with E-state index in [2.05, 4.69) is 10.6 Å². The van der Waals surface area contributed by atoms with E-state index in [-0.39, 0.29) is 60.7 Å². The highest BCUT2D eigenvalue weighted by Crippen LogP contribution is 2.46. The van der Waals surface area contributed by atoms with Crippen LogP contribution >= 0.6 is 69.9 Å². The molecule has 4 aromatic rings. The molecule has 12 nitrogen and oxygen atoms in total. The third kappa shape index (κ3) is 15.3. The summed E-state index contributed by atoms with van der Waals surface area (Å²) in [4.78, 5) is 68.8. The van der Waals surface area contributed by atoms with Gasteiger partial charge in [0.05, 0.1) is 5.57 Å². The van der Waals surface area contributed by atoms with Gasteiger partial charge in [-0.25, -0.2) is 0 Å². The number of amides is 2. The summed E-state index contributed by atoms with van der Waals surface area (Å²) in [6.45, 7) is 1.61. The van der Waals surface area contributed by atoms with E-state index in [9.17, 15) is 55.6 Å². The van der Waals surface area contributed by atoms with Gasteiger partial charge in [-0.2, -0.15) is 49.9 Å². The molecule has 2 aliphatic rings. The number of carbonyl (C=O) groups excluding carboxylic acids is 4. The van der Waals surface area contributed by atoms with Crippen molar-refractivity contribution >= 4 is 98.9 Å². The van der Waals surface area contributed by atoms with Crippen LogP contribution in [0.5, 0.6) is 0 Å². The van der Waals surface area contributed by atoms with E-state index in [0.717, 1.165) is 54.3 Å².